The number of anilines is 3. The second kappa shape index (κ2) is 12.9. The first-order valence-corrected chi connectivity index (χ1v) is 16.2. The average molecular weight is 611 g/mol. The van der Waals surface area contributed by atoms with Gasteiger partial charge in [-0.2, -0.15) is 0 Å². The number of rotatable bonds is 6. The van der Waals surface area contributed by atoms with Gasteiger partial charge in [0.25, 0.3) is 0 Å². The van der Waals surface area contributed by atoms with E-state index in [0.29, 0.717) is 30.0 Å². The van der Waals surface area contributed by atoms with Crippen molar-refractivity contribution in [3.63, 3.8) is 0 Å². The Balaban J connectivity index is 1.19. The summed E-state index contributed by atoms with van der Waals surface area (Å²) in [6.45, 7) is 11.4. The minimum absolute atomic E-state index is 0.196. The smallest absolute Gasteiger partial charge is 0.410 e. The number of para-hydroxylation sites is 1. The number of hydrogen-bond donors (Lipinski definition) is 1. The van der Waals surface area contributed by atoms with E-state index in [1.807, 2.05) is 56.8 Å². The number of carbonyl (C=O) groups is 4. The van der Waals surface area contributed by atoms with E-state index in [1.165, 1.54) is 17.7 Å². The van der Waals surface area contributed by atoms with Crippen LogP contribution in [0.1, 0.15) is 72.1 Å². The van der Waals surface area contributed by atoms with E-state index >= 15 is 0 Å². The molecule has 4 saturated heterocycles. The van der Waals surface area contributed by atoms with Crippen LogP contribution in [0, 0.1) is 5.41 Å². The highest BCUT2D eigenvalue weighted by Crippen LogP contribution is 2.46. The summed E-state index contributed by atoms with van der Waals surface area (Å²) in [6.07, 6.45) is 7.69. The van der Waals surface area contributed by atoms with Crippen molar-refractivity contribution in [1.82, 2.24) is 15.1 Å². The van der Waals surface area contributed by atoms with Crippen molar-refractivity contribution in [2.75, 3.05) is 68.1 Å². The molecule has 0 bridgehead atoms. The van der Waals surface area contributed by atoms with Crippen LogP contribution in [0.2, 0.25) is 0 Å². The zero-order chi connectivity index (χ0) is 31.6. The first kappa shape index (κ1) is 32.1. The summed E-state index contributed by atoms with van der Waals surface area (Å²) in [5.41, 5.74) is 2.54. The number of benzene rings is 1. The molecule has 4 fully saturated rings. The number of likely N-dealkylation sites (tertiary alicyclic amines) is 2. The maximum absolute atomic E-state index is 12.6. The Labute approximate surface area is 261 Å². The molecule has 1 aromatic carbocycles. The molecule has 0 radical (unpaired) electrons. The van der Waals surface area contributed by atoms with Crippen molar-refractivity contribution in [3.05, 3.63) is 18.2 Å². The molecule has 0 aliphatic carbocycles. The van der Waals surface area contributed by atoms with Gasteiger partial charge in [0, 0.05) is 52.7 Å². The van der Waals surface area contributed by atoms with E-state index in [1.54, 1.807) is 0 Å². The molecule has 4 amide bonds. The summed E-state index contributed by atoms with van der Waals surface area (Å²) in [5.74, 6) is -0.723. The van der Waals surface area contributed by atoms with Crippen LogP contribution in [-0.4, -0.2) is 105 Å². The molecular weight excluding hydrogens is 560 g/mol. The van der Waals surface area contributed by atoms with Crippen LogP contribution in [0.3, 0.4) is 0 Å². The topological polar surface area (TPSA) is 106 Å². The molecule has 1 aromatic rings. The first-order valence-electron chi connectivity index (χ1n) is 16.2. The first-order chi connectivity index (χ1) is 20.9. The van der Waals surface area contributed by atoms with Crippen molar-refractivity contribution < 1.29 is 23.9 Å². The van der Waals surface area contributed by atoms with Gasteiger partial charge in [-0.3, -0.25) is 19.7 Å². The van der Waals surface area contributed by atoms with Gasteiger partial charge < -0.3 is 29.2 Å². The molecule has 0 saturated carbocycles. The minimum Gasteiger partial charge on any atom is -0.444 e. The molecule has 242 valence electrons. The third-order valence-corrected chi connectivity index (χ3v) is 10.0. The van der Waals surface area contributed by atoms with Gasteiger partial charge in [0.2, 0.25) is 18.2 Å². The molecule has 1 N–H and O–H groups in total. The van der Waals surface area contributed by atoms with Crippen LogP contribution in [0.25, 0.3) is 0 Å². The number of piperidine rings is 4. The van der Waals surface area contributed by atoms with Crippen LogP contribution in [0.4, 0.5) is 21.9 Å². The van der Waals surface area contributed by atoms with Crippen LogP contribution in [0.15, 0.2) is 18.2 Å². The van der Waals surface area contributed by atoms with E-state index < -0.39 is 17.6 Å². The van der Waals surface area contributed by atoms with Gasteiger partial charge in [-0.15, -0.1) is 0 Å². The van der Waals surface area contributed by atoms with E-state index in [9.17, 15) is 19.2 Å². The average Bonchev–Trinajstić information content (AvgIpc) is 2.98. The van der Waals surface area contributed by atoms with Crippen molar-refractivity contribution in [1.29, 1.82) is 0 Å². The van der Waals surface area contributed by atoms with Crippen molar-refractivity contribution >= 4 is 41.4 Å². The second-order valence-electron chi connectivity index (χ2n) is 14.2. The van der Waals surface area contributed by atoms with E-state index in [-0.39, 0.29) is 18.4 Å². The molecule has 4 aliphatic heterocycles. The fourth-order valence-corrected chi connectivity index (χ4v) is 7.51. The lowest BCUT2D eigenvalue weighted by Crippen LogP contribution is -2.53. The van der Waals surface area contributed by atoms with Crippen molar-refractivity contribution in [3.8, 4) is 0 Å². The lowest BCUT2D eigenvalue weighted by molar-refractivity contribution is -0.134. The fraction of sp³-hybridized carbons (Fsp3) is 0.697. The molecule has 4 aliphatic rings. The lowest BCUT2D eigenvalue weighted by atomic mass is 9.70. The number of nitrogens with one attached hydrogen (secondary N) is 1. The summed E-state index contributed by atoms with van der Waals surface area (Å²) >= 11 is 0. The fourth-order valence-electron chi connectivity index (χ4n) is 7.51. The predicted molar refractivity (Wildman–Crippen MR) is 171 cm³/mol. The van der Waals surface area contributed by atoms with E-state index in [2.05, 4.69) is 21.2 Å². The molecular formula is C33H50N6O5. The van der Waals surface area contributed by atoms with Crippen molar-refractivity contribution in [2.45, 2.75) is 89.8 Å². The molecule has 1 unspecified atom stereocenters. The van der Waals surface area contributed by atoms with E-state index in [4.69, 9.17) is 4.74 Å². The molecule has 1 atom stereocenters. The quantitative estimate of drug-likeness (QED) is 0.385. The molecule has 0 aromatic heterocycles. The van der Waals surface area contributed by atoms with Gasteiger partial charge in [-0.05, 0) is 96.4 Å². The Kier molecular flexibility index (Phi) is 9.44. The SMILES string of the molecule is CN(C)c1c(N2CCC3(CC2)CCN(C2CCN(C(=O)OC(C)(C)C)CC2)CC3)cccc1N(C=O)C1CCC(=O)NC1=O. The summed E-state index contributed by atoms with van der Waals surface area (Å²) in [7, 11) is 3.93. The standard InChI is InChI=1S/C33H50N6O5/c1-32(2,3)44-31(43)38-17-11-24(12-18-38)36-19-13-33(14-20-36)15-21-37(22-16-33)25-7-6-8-26(29(25)35(4)5)39(23-40)27-9-10-28(41)34-30(27)42/h6-8,23-24,27H,9-22H2,1-5H3,(H,34,41,42). The third-order valence-electron chi connectivity index (χ3n) is 10.0. The Morgan fingerprint density at radius 2 is 1.61 bits per heavy atom. The van der Waals surface area contributed by atoms with Gasteiger partial charge in [-0.25, -0.2) is 4.79 Å². The number of amides is 4. The molecule has 11 nitrogen and oxygen atoms in total. The normalized spacial score (nSPS) is 23.3. The van der Waals surface area contributed by atoms with Gasteiger partial charge in [-0.1, -0.05) is 6.07 Å². The summed E-state index contributed by atoms with van der Waals surface area (Å²) < 4.78 is 5.58. The Bertz CT molecular complexity index is 1220. The number of imide groups is 1. The van der Waals surface area contributed by atoms with Crippen LogP contribution in [-0.2, 0) is 19.1 Å². The minimum atomic E-state index is -0.710. The lowest BCUT2D eigenvalue weighted by Gasteiger charge is -2.50. The predicted octanol–water partition coefficient (Wildman–Crippen LogP) is 3.60. The van der Waals surface area contributed by atoms with Gasteiger partial charge in [0.05, 0.1) is 17.1 Å². The van der Waals surface area contributed by atoms with E-state index in [0.717, 1.165) is 76.3 Å². The summed E-state index contributed by atoms with van der Waals surface area (Å²) in [6, 6.07) is 5.77. The van der Waals surface area contributed by atoms with Crippen molar-refractivity contribution in [2.24, 2.45) is 5.41 Å². The molecule has 4 heterocycles. The maximum Gasteiger partial charge on any atom is 0.410 e. The highest BCUT2D eigenvalue weighted by Gasteiger charge is 2.41. The monoisotopic (exact) mass is 610 g/mol. The van der Waals surface area contributed by atoms with Gasteiger partial charge in [0.15, 0.2) is 0 Å². The zero-order valence-electron chi connectivity index (χ0n) is 27.1. The van der Waals surface area contributed by atoms with Gasteiger partial charge >= 0.3 is 6.09 Å². The Morgan fingerprint density at radius 1 is 0.977 bits per heavy atom. The number of nitrogens with zero attached hydrogens (tertiary/aromatic N) is 5. The summed E-state index contributed by atoms with van der Waals surface area (Å²) in [4.78, 5) is 59.6. The number of ether oxygens (including phenoxy) is 1. The van der Waals surface area contributed by atoms with Crippen LogP contribution >= 0.6 is 0 Å². The number of carbonyl (C=O) groups excluding carboxylic acids is 4. The Hall–Kier alpha value is -3.34. The third kappa shape index (κ3) is 6.98. The highest BCUT2D eigenvalue weighted by molar-refractivity contribution is 6.05. The van der Waals surface area contributed by atoms with Crippen LogP contribution in [0.5, 0.6) is 0 Å². The Morgan fingerprint density at radius 3 is 2.18 bits per heavy atom. The van der Waals surface area contributed by atoms with Gasteiger partial charge in [0.1, 0.15) is 11.6 Å². The molecule has 11 heteroatoms. The largest absolute Gasteiger partial charge is 0.444 e. The zero-order valence-corrected chi connectivity index (χ0v) is 27.1. The summed E-state index contributed by atoms with van der Waals surface area (Å²) in [5, 5.41) is 2.38. The molecule has 5 rings (SSSR count). The van der Waals surface area contributed by atoms with Crippen LogP contribution < -0.4 is 20.0 Å². The molecule has 1 spiro atoms. The maximum atomic E-state index is 12.6. The molecule has 44 heavy (non-hydrogen) atoms. The highest BCUT2D eigenvalue weighted by atomic mass is 16.6. The second-order valence-corrected chi connectivity index (χ2v) is 14.2. The number of hydrogen-bond acceptors (Lipinski definition) is 8.